The fourth-order valence-corrected chi connectivity index (χ4v) is 8.91. The molecule has 3 heteroatoms. The summed E-state index contributed by atoms with van der Waals surface area (Å²) in [5.74, 6) is 3.50. The van der Waals surface area contributed by atoms with Crippen molar-refractivity contribution in [3.63, 3.8) is 0 Å². The van der Waals surface area contributed by atoms with Gasteiger partial charge in [0, 0.05) is 6.07 Å². The van der Waals surface area contributed by atoms with Gasteiger partial charge in [-0.1, -0.05) is 36.4 Å². The molecular weight excluding hydrogens is 415 g/mol. The first-order valence-electron chi connectivity index (χ1n) is 11.9. The summed E-state index contributed by atoms with van der Waals surface area (Å²) >= 11 is 0. The fourth-order valence-electron chi connectivity index (χ4n) is 6.81. The zero-order valence-corrected chi connectivity index (χ0v) is 19.4. The molecule has 0 radical (unpaired) electrons. The minimum absolute atomic E-state index is 0.250. The van der Waals surface area contributed by atoms with Gasteiger partial charge in [-0.15, -0.1) is 0 Å². The Kier molecular flexibility index (Phi) is 5.06. The Bertz CT molecular complexity index is 1040. The van der Waals surface area contributed by atoms with Crippen LogP contribution in [-0.4, -0.2) is 5.60 Å². The van der Waals surface area contributed by atoms with Gasteiger partial charge in [0.2, 0.25) is 0 Å². The van der Waals surface area contributed by atoms with Gasteiger partial charge in [-0.05, 0) is 99.1 Å². The minimum Gasteiger partial charge on any atom is -0.484 e. The van der Waals surface area contributed by atoms with Crippen LogP contribution in [0.3, 0.4) is 0 Å². The van der Waals surface area contributed by atoms with Gasteiger partial charge < -0.3 is 4.74 Å². The molecule has 3 fully saturated rings. The lowest BCUT2D eigenvalue weighted by Gasteiger charge is -2.28. The predicted molar refractivity (Wildman–Crippen MR) is 128 cm³/mol. The molecule has 6 rings (SSSR count). The maximum Gasteiger partial charge on any atom is 0.170 e. The molecule has 3 aliphatic rings. The highest BCUT2D eigenvalue weighted by Gasteiger charge is 2.56. The van der Waals surface area contributed by atoms with Gasteiger partial charge in [0.15, 0.2) is 26.3 Å². The van der Waals surface area contributed by atoms with Crippen LogP contribution >= 0.6 is 0 Å². The van der Waals surface area contributed by atoms with Crippen molar-refractivity contribution >= 4 is 10.9 Å². The maximum absolute atomic E-state index is 15.0. The van der Waals surface area contributed by atoms with Crippen molar-refractivity contribution in [2.24, 2.45) is 23.7 Å². The van der Waals surface area contributed by atoms with Crippen molar-refractivity contribution < 1.29 is 9.13 Å². The molecule has 4 atom stereocenters. The van der Waals surface area contributed by atoms with E-state index < -0.39 is 0 Å². The lowest BCUT2D eigenvalue weighted by atomic mass is 9.82. The Labute approximate surface area is 193 Å². The third-order valence-electron chi connectivity index (χ3n) is 8.06. The lowest BCUT2D eigenvalue weighted by molar-refractivity contribution is 0.0778. The van der Waals surface area contributed by atoms with Gasteiger partial charge in [-0.2, -0.15) is 0 Å². The molecule has 0 N–H and O–H groups in total. The molecule has 3 aliphatic carbocycles. The number of hydrogen-bond acceptors (Lipinski definition) is 1. The summed E-state index contributed by atoms with van der Waals surface area (Å²) in [6, 6.07) is 26.5. The predicted octanol–water partition coefficient (Wildman–Crippen LogP) is 7.51. The molecule has 2 bridgehead atoms. The SMILES string of the molecule is CC1(Oc2cc([S+](c3ccccc3)c3ccccc3)ccc2F)CC2C3CCC(C3)C2C1. The third-order valence-corrected chi connectivity index (χ3v) is 10.3. The van der Waals surface area contributed by atoms with Gasteiger partial charge in [0.1, 0.15) is 5.60 Å². The van der Waals surface area contributed by atoms with Crippen LogP contribution in [0.2, 0.25) is 0 Å². The normalized spacial score (nSPS) is 30.6. The van der Waals surface area contributed by atoms with Crippen LogP contribution in [0.5, 0.6) is 5.75 Å². The molecular formula is C29H30FOS+. The number of fused-ring (bicyclic) bond motifs is 5. The van der Waals surface area contributed by atoms with E-state index in [1.54, 1.807) is 6.07 Å². The molecule has 1 nitrogen and oxygen atoms in total. The second kappa shape index (κ2) is 7.95. The Morgan fingerprint density at radius 2 is 1.34 bits per heavy atom. The van der Waals surface area contributed by atoms with E-state index in [1.807, 2.05) is 24.3 Å². The summed E-state index contributed by atoms with van der Waals surface area (Å²) in [6.45, 7) is 2.21. The first-order valence-corrected chi connectivity index (χ1v) is 13.2. The minimum atomic E-state index is -0.302. The zero-order chi connectivity index (χ0) is 21.7. The average Bonchev–Trinajstić information content (AvgIpc) is 3.50. The van der Waals surface area contributed by atoms with Crippen molar-refractivity contribution in [2.75, 3.05) is 0 Å². The van der Waals surface area contributed by atoms with Crippen LogP contribution in [-0.2, 0) is 10.9 Å². The van der Waals surface area contributed by atoms with Crippen molar-refractivity contribution in [3.05, 3.63) is 84.7 Å². The highest BCUT2D eigenvalue weighted by molar-refractivity contribution is 7.97. The summed E-state index contributed by atoms with van der Waals surface area (Å²) in [4.78, 5) is 3.56. The van der Waals surface area contributed by atoms with E-state index in [0.717, 1.165) is 41.4 Å². The number of hydrogen-bond donors (Lipinski definition) is 0. The number of ether oxygens (including phenoxy) is 1. The summed E-state index contributed by atoms with van der Waals surface area (Å²) in [7, 11) is -0.302. The molecule has 3 aromatic rings. The van der Waals surface area contributed by atoms with Crippen LogP contribution in [0.1, 0.15) is 39.0 Å². The monoisotopic (exact) mass is 445 g/mol. The van der Waals surface area contributed by atoms with Gasteiger partial charge in [0.25, 0.3) is 0 Å². The molecule has 0 amide bonds. The smallest absolute Gasteiger partial charge is 0.170 e. The molecule has 0 aliphatic heterocycles. The summed E-state index contributed by atoms with van der Waals surface area (Å²) in [5, 5.41) is 0. The Morgan fingerprint density at radius 3 is 1.91 bits per heavy atom. The summed E-state index contributed by atoms with van der Waals surface area (Å²) < 4.78 is 21.5. The number of rotatable bonds is 5. The standard InChI is InChI=1S/C29H30FOS/c1-29(18-25-20-12-13-21(16-20)26(25)19-29)31-28-17-24(14-15-27(28)30)32(22-8-4-2-5-9-22)23-10-6-3-7-11-23/h2-11,14-15,17,20-21,25-26H,12-13,16,18-19H2,1H3/q+1. The van der Waals surface area contributed by atoms with E-state index >= 15 is 0 Å². The molecule has 164 valence electrons. The van der Waals surface area contributed by atoms with Gasteiger partial charge in [0.05, 0.1) is 10.9 Å². The topological polar surface area (TPSA) is 9.23 Å². The van der Waals surface area contributed by atoms with Crippen LogP contribution in [0.15, 0.2) is 93.5 Å². The molecule has 3 aromatic carbocycles. The molecule has 0 aromatic heterocycles. The van der Waals surface area contributed by atoms with E-state index in [9.17, 15) is 4.39 Å². The van der Waals surface area contributed by atoms with Crippen molar-refractivity contribution in [3.8, 4) is 5.75 Å². The van der Waals surface area contributed by atoms with E-state index in [0.29, 0.717) is 5.75 Å². The molecule has 0 heterocycles. The number of halogens is 1. The molecule has 0 saturated heterocycles. The van der Waals surface area contributed by atoms with Gasteiger partial charge >= 0.3 is 0 Å². The van der Waals surface area contributed by atoms with E-state index in [-0.39, 0.29) is 22.3 Å². The van der Waals surface area contributed by atoms with Crippen LogP contribution < -0.4 is 4.74 Å². The van der Waals surface area contributed by atoms with E-state index in [4.69, 9.17) is 4.74 Å². The van der Waals surface area contributed by atoms with Crippen LogP contribution in [0, 0.1) is 29.5 Å². The van der Waals surface area contributed by atoms with Crippen molar-refractivity contribution in [2.45, 2.75) is 59.3 Å². The Hall–Kier alpha value is -2.26. The lowest BCUT2D eigenvalue weighted by Crippen LogP contribution is -2.30. The van der Waals surface area contributed by atoms with Crippen molar-refractivity contribution in [1.82, 2.24) is 0 Å². The Morgan fingerprint density at radius 1 is 0.781 bits per heavy atom. The van der Waals surface area contributed by atoms with Crippen molar-refractivity contribution in [1.29, 1.82) is 0 Å². The van der Waals surface area contributed by atoms with Crippen LogP contribution in [0.25, 0.3) is 0 Å². The Balaban J connectivity index is 1.33. The average molecular weight is 446 g/mol. The highest BCUT2D eigenvalue weighted by atomic mass is 32.2. The van der Waals surface area contributed by atoms with E-state index in [1.165, 1.54) is 29.1 Å². The van der Waals surface area contributed by atoms with Gasteiger partial charge in [-0.25, -0.2) is 4.39 Å². The summed E-state index contributed by atoms with van der Waals surface area (Å²) in [6.07, 6.45) is 6.36. The third kappa shape index (κ3) is 3.55. The van der Waals surface area contributed by atoms with Gasteiger partial charge in [-0.3, -0.25) is 0 Å². The second-order valence-electron chi connectivity index (χ2n) is 10.1. The highest BCUT2D eigenvalue weighted by Crippen LogP contribution is 2.61. The quantitative estimate of drug-likeness (QED) is 0.369. The largest absolute Gasteiger partial charge is 0.484 e. The molecule has 3 saturated carbocycles. The van der Waals surface area contributed by atoms with Crippen LogP contribution in [0.4, 0.5) is 4.39 Å². The fraction of sp³-hybridized carbons (Fsp3) is 0.379. The molecule has 0 spiro atoms. The summed E-state index contributed by atoms with van der Waals surface area (Å²) in [5.41, 5.74) is -0.256. The second-order valence-corrected chi connectivity index (χ2v) is 12.2. The molecule has 4 unspecified atom stereocenters. The first-order chi connectivity index (χ1) is 15.6. The van der Waals surface area contributed by atoms with E-state index in [2.05, 4.69) is 55.5 Å². The first kappa shape index (κ1) is 20.4. The molecule has 32 heavy (non-hydrogen) atoms. The number of benzene rings is 3. The zero-order valence-electron chi connectivity index (χ0n) is 18.5. The maximum atomic E-state index is 15.0.